The summed E-state index contributed by atoms with van der Waals surface area (Å²) in [6.45, 7) is 5.87. The van der Waals surface area contributed by atoms with Crippen LogP contribution >= 0.6 is 11.3 Å². The highest BCUT2D eigenvalue weighted by Crippen LogP contribution is 2.20. The van der Waals surface area contributed by atoms with Gasteiger partial charge in [0.25, 0.3) is 0 Å². The number of rotatable bonds is 5. The molecule has 0 bridgehead atoms. The van der Waals surface area contributed by atoms with E-state index in [9.17, 15) is 0 Å². The summed E-state index contributed by atoms with van der Waals surface area (Å²) in [6.07, 6.45) is 3.52. The third-order valence-corrected chi connectivity index (χ3v) is 3.46. The zero-order valence-corrected chi connectivity index (χ0v) is 10.3. The lowest BCUT2D eigenvalue weighted by molar-refractivity contribution is 0.408. The molecule has 0 aliphatic rings. The Balaban J connectivity index is 1.81. The second kappa shape index (κ2) is 5.23. The maximum absolute atomic E-state index is 4.75. The molecule has 4 nitrogen and oxygen atoms in total. The Morgan fingerprint density at radius 3 is 2.94 bits per heavy atom. The van der Waals surface area contributed by atoms with Crippen LogP contribution in [0.1, 0.15) is 35.3 Å². The van der Waals surface area contributed by atoms with Crippen molar-refractivity contribution in [3.05, 3.63) is 34.1 Å². The molecule has 0 fully saturated rings. The largest absolute Gasteiger partial charge is 0.364 e. The van der Waals surface area contributed by atoms with Crippen molar-refractivity contribution in [2.24, 2.45) is 0 Å². The minimum absolute atomic E-state index is 0.509. The molecule has 1 N–H and O–H groups in total. The van der Waals surface area contributed by atoms with Crippen molar-refractivity contribution < 1.29 is 4.52 Å². The van der Waals surface area contributed by atoms with Crippen molar-refractivity contribution in [1.29, 1.82) is 0 Å². The van der Waals surface area contributed by atoms with Gasteiger partial charge in [-0.3, -0.25) is 0 Å². The number of nitrogens with zero attached hydrogens (tertiary/aromatic N) is 2. The van der Waals surface area contributed by atoms with Gasteiger partial charge in [-0.05, 0) is 0 Å². The zero-order valence-electron chi connectivity index (χ0n) is 9.43. The molecule has 0 saturated carbocycles. The first-order chi connectivity index (χ1) is 7.75. The van der Waals surface area contributed by atoms with Crippen molar-refractivity contribution in [2.75, 3.05) is 0 Å². The molecule has 5 heteroatoms. The lowest BCUT2D eigenvalue weighted by atomic mass is 10.2. The predicted octanol–water partition coefficient (Wildman–Crippen LogP) is 2.54. The molecule has 2 aromatic heterocycles. The molecular formula is C11H15N3OS. The maximum atomic E-state index is 4.75. The Morgan fingerprint density at radius 1 is 1.44 bits per heavy atom. The Bertz CT molecular complexity index is 422. The average Bonchev–Trinajstić information content (AvgIpc) is 2.87. The Kier molecular flexibility index (Phi) is 3.69. The Labute approximate surface area is 98.7 Å². The van der Waals surface area contributed by atoms with Gasteiger partial charge in [-0.2, -0.15) is 0 Å². The van der Waals surface area contributed by atoms with Crippen molar-refractivity contribution in [3.63, 3.8) is 0 Å². The summed E-state index contributed by atoms with van der Waals surface area (Å²) in [5.74, 6) is 0.509. The summed E-state index contributed by atoms with van der Waals surface area (Å²) < 4.78 is 4.75. The van der Waals surface area contributed by atoms with E-state index in [4.69, 9.17) is 4.52 Å². The summed E-state index contributed by atoms with van der Waals surface area (Å²) in [4.78, 5) is 5.63. The van der Waals surface area contributed by atoms with Crippen LogP contribution in [0.2, 0.25) is 0 Å². The summed E-state index contributed by atoms with van der Waals surface area (Å²) in [5.41, 5.74) is 0.925. The van der Waals surface area contributed by atoms with E-state index >= 15 is 0 Å². The van der Waals surface area contributed by atoms with Crippen LogP contribution in [-0.2, 0) is 13.1 Å². The maximum Gasteiger partial charge on any atom is 0.124 e. The van der Waals surface area contributed by atoms with Crippen molar-refractivity contribution in [2.45, 2.75) is 32.9 Å². The smallest absolute Gasteiger partial charge is 0.124 e. The first-order valence-electron chi connectivity index (χ1n) is 5.30. The number of hydrogen-bond donors (Lipinski definition) is 1. The van der Waals surface area contributed by atoms with E-state index in [0.717, 1.165) is 18.8 Å². The molecule has 16 heavy (non-hydrogen) atoms. The van der Waals surface area contributed by atoms with Crippen LogP contribution in [0.3, 0.4) is 0 Å². The highest BCUT2D eigenvalue weighted by atomic mass is 32.1. The molecule has 0 spiro atoms. The minimum atomic E-state index is 0.509. The molecule has 0 radical (unpaired) electrons. The van der Waals surface area contributed by atoms with Crippen LogP contribution in [-0.4, -0.2) is 10.1 Å². The molecule has 0 aromatic carbocycles. The molecule has 2 rings (SSSR count). The summed E-state index contributed by atoms with van der Waals surface area (Å²) in [5, 5.41) is 8.33. The fourth-order valence-corrected chi connectivity index (χ4v) is 2.20. The molecule has 86 valence electrons. The van der Waals surface area contributed by atoms with Gasteiger partial charge in [-0.25, -0.2) is 4.98 Å². The summed E-state index contributed by atoms with van der Waals surface area (Å²) in [7, 11) is 0. The molecule has 0 aliphatic carbocycles. The Morgan fingerprint density at radius 2 is 2.31 bits per heavy atom. The van der Waals surface area contributed by atoms with Gasteiger partial charge in [-0.15, -0.1) is 11.3 Å². The second-order valence-corrected chi connectivity index (χ2v) is 5.06. The lowest BCUT2D eigenvalue weighted by Crippen LogP contribution is -2.11. The normalized spacial score (nSPS) is 11.2. The fourth-order valence-electron chi connectivity index (χ4n) is 1.31. The predicted molar refractivity (Wildman–Crippen MR) is 63.2 cm³/mol. The first-order valence-corrected chi connectivity index (χ1v) is 6.12. The van der Waals surface area contributed by atoms with Crippen molar-refractivity contribution >= 4 is 11.3 Å². The molecule has 0 saturated heterocycles. The van der Waals surface area contributed by atoms with Gasteiger partial charge in [0.15, 0.2) is 0 Å². The lowest BCUT2D eigenvalue weighted by Gasteiger charge is -1.99. The van der Waals surface area contributed by atoms with Crippen LogP contribution in [0.15, 0.2) is 23.0 Å². The fraction of sp³-hybridized carbons (Fsp3) is 0.455. The number of thiazole rings is 1. The highest BCUT2D eigenvalue weighted by Gasteiger charge is 2.05. The number of hydrogen-bond acceptors (Lipinski definition) is 5. The molecular weight excluding hydrogens is 222 g/mol. The van der Waals surface area contributed by atoms with E-state index < -0.39 is 0 Å². The SMILES string of the molecule is CC(C)c1ncc(CNCc2ccon2)s1. The molecule has 0 amide bonds. The van der Waals surface area contributed by atoms with Gasteiger partial charge in [0.1, 0.15) is 6.26 Å². The molecule has 2 aromatic rings. The third-order valence-electron chi connectivity index (χ3n) is 2.16. The van der Waals surface area contributed by atoms with Gasteiger partial charge in [-0.1, -0.05) is 19.0 Å². The molecule has 0 aliphatic heterocycles. The highest BCUT2D eigenvalue weighted by molar-refractivity contribution is 7.11. The van der Waals surface area contributed by atoms with Crippen LogP contribution < -0.4 is 5.32 Å². The molecule has 0 atom stereocenters. The van der Waals surface area contributed by atoms with E-state index in [0.29, 0.717) is 5.92 Å². The quantitative estimate of drug-likeness (QED) is 0.868. The third kappa shape index (κ3) is 2.90. The van der Waals surface area contributed by atoms with E-state index in [1.54, 1.807) is 17.6 Å². The van der Waals surface area contributed by atoms with E-state index in [1.807, 2.05) is 12.3 Å². The van der Waals surface area contributed by atoms with E-state index in [1.165, 1.54) is 9.88 Å². The Hall–Kier alpha value is -1.20. The zero-order chi connectivity index (χ0) is 11.4. The van der Waals surface area contributed by atoms with Gasteiger partial charge in [0.2, 0.25) is 0 Å². The topological polar surface area (TPSA) is 51.0 Å². The van der Waals surface area contributed by atoms with Gasteiger partial charge >= 0.3 is 0 Å². The molecule has 2 heterocycles. The van der Waals surface area contributed by atoms with Crippen LogP contribution in [0.5, 0.6) is 0 Å². The standard InChI is InChI=1S/C11H15N3OS/c1-8(2)11-13-7-10(16-11)6-12-5-9-3-4-15-14-9/h3-4,7-8,12H,5-6H2,1-2H3. The van der Waals surface area contributed by atoms with Crippen LogP contribution in [0.25, 0.3) is 0 Å². The van der Waals surface area contributed by atoms with E-state index in [-0.39, 0.29) is 0 Å². The minimum Gasteiger partial charge on any atom is -0.364 e. The summed E-state index contributed by atoms with van der Waals surface area (Å²) in [6, 6.07) is 1.86. The van der Waals surface area contributed by atoms with Crippen LogP contribution in [0.4, 0.5) is 0 Å². The monoisotopic (exact) mass is 237 g/mol. The van der Waals surface area contributed by atoms with Gasteiger partial charge in [0.05, 0.1) is 10.7 Å². The second-order valence-electron chi connectivity index (χ2n) is 3.91. The summed E-state index contributed by atoms with van der Waals surface area (Å²) >= 11 is 1.76. The van der Waals surface area contributed by atoms with Crippen LogP contribution in [0, 0.1) is 0 Å². The first kappa shape index (κ1) is 11.3. The number of nitrogens with one attached hydrogen (secondary N) is 1. The van der Waals surface area contributed by atoms with Gasteiger partial charge < -0.3 is 9.84 Å². The van der Waals surface area contributed by atoms with Gasteiger partial charge in [0, 0.05) is 36.1 Å². The van der Waals surface area contributed by atoms with Crippen molar-refractivity contribution in [1.82, 2.24) is 15.5 Å². The van der Waals surface area contributed by atoms with Crippen molar-refractivity contribution in [3.8, 4) is 0 Å². The molecule has 0 unspecified atom stereocenters. The van der Waals surface area contributed by atoms with E-state index in [2.05, 4.69) is 29.3 Å². The average molecular weight is 237 g/mol. The number of aromatic nitrogens is 2.